The highest BCUT2D eigenvalue weighted by Crippen LogP contribution is 2.09. The fourth-order valence-corrected chi connectivity index (χ4v) is 2.25. The molecule has 112 valence electrons. The minimum Gasteiger partial charge on any atom is -0.351 e. The van der Waals surface area contributed by atoms with Gasteiger partial charge in [0.25, 0.3) is 5.91 Å². The molecular formula is C16H25FN2O. The van der Waals surface area contributed by atoms with Crippen molar-refractivity contribution in [1.82, 2.24) is 10.2 Å². The van der Waals surface area contributed by atoms with Crippen molar-refractivity contribution >= 4 is 5.91 Å². The van der Waals surface area contributed by atoms with Crippen molar-refractivity contribution in [3.05, 3.63) is 35.1 Å². The topological polar surface area (TPSA) is 32.3 Å². The minimum absolute atomic E-state index is 0.226. The van der Waals surface area contributed by atoms with Crippen LogP contribution in [0.2, 0.25) is 0 Å². The second-order valence-corrected chi connectivity index (χ2v) is 5.65. The fraction of sp³-hybridized carbons (Fsp3) is 0.562. The van der Waals surface area contributed by atoms with Crippen molar-refractivity contribution in [1.29, 1.82) is 0 Å². The molecule has 0 spiro atoms. The van der Waals surface area contributed by atoms with Gasteiger partial charge in [-0.25, -0.2) is 4.39 Å². The SMILES string of the molecule is Cc1ccc(C(=O)NCCN(C(C)C)C(C)C)cc1F. The van der Waals surface area contributed by atoms with E-state index < -0.39 is 0 Å². The number of hydrogen-bond acceptors (Lipinski definition) is 2. The van der Waals surface area contributed by atoms with E-state index in [1.165, 1.54) is 6.07 Å². The molecule has 1 N–H and O–H groups in total. The van der Waals surface area contributed by atoms with Gasteiger partial charge in [0.05, 0.1) is 0 Å². The number of carbonyl (C=O) groups is 1. The molecule has 0 aliphatic carbocycles. The van der Waals surface area contributed by atoms with Gasteiger partial charge in [-0.2, -0.15) is 0 Å². The summed E-state index contributed by atoms with van der Waals surface area (Å²) in [5, 5.41) is 2.84. The molecular weight excluding hydrogens is 255 g/mol. The highest BCUT2D eigenvalue weighted by atomic mass is 19.1. The average molecular weight is 280 g/mol. The Bertz CT molecular complexity index is 450. The summed E-state index contributed by atoms with van der Waals surface area (Å²) in [7, 11) is 0. The van der Waals surface area contributed by atoms with Gasteiger partial charge in [-0.05, 0) is 52.3 Å². The number of carbonyl (C=O) groups excluding carboxylic acids is 1. The monoisotopic (exact) mass is 280 g/mol. The van der Waals surface area contributed by atoms with Crippen LogP contribution in [-0.2, 0) is 0 Å². The van der Waals surface area contributed by atoms with Gasteiger partial charge in [-0.3, -0.25) is 9.69 Å². The Hall–Kier alpha value is -1.42. The average Bonchev–Trinajstić information content (AvgIpc) is 2.36. The first-order valence-electron chi connectivity index (χ1n) is 7.13. The maximum absolute atomic E-state index is 13.4. The predicted octanol–water partition coefficient (Wildman–Crippen LogP) is 2.98. The molecule has 0 aliphatic heterocycles. The zero-order valence-corrected chi connectivity index (χ0v) is 13.0. The van der Waals surface area contributed by atoms with Gasteiger partial charge < -0.3 is 5.32 Å². The number of aryl methyl sites for hydroxylation is 1. The lowest BCUT2D eigenvalue weighted by molar-refractivity contribution is 0.0939. The van der Waals surface area contributed by atoms with Gasteiger partial charge in [0.15, 0.2) is 0 Å². The van der Waals surface area contributed by atoms with E-state index in [9.17, 15) is 9.18 Å². The number of nitrogens with zero attached hydrogens (tertiary/aromatic N) is 1. The molecule has 1 aromatic carbocycles. The third-order valence-corrected chi connectivity index (χ3v) is 3.42. The van der Waals surface area contributed by atoms with Crippen LogP contribution in [0.4, 0.5) is 4.39 Å². The number of amides is 1. The quantitative estimate of drug-likeness (QED) is 0.869. The van der Waals surface area contributed by atoms with E-state index in [-0.39, 0.29) is 11.7 Å². The largest absolute Gasteiger partial charge is 0.351 e. The first-order chi connectivity index (χ1) is 9.32. The zero-order valence-electron chi connectivity index (χ0n) is 13.0. The Kier molecular flexibility index (Phi) is 6.14. The number of hydrogen-bond donors (Lipinski definition) is 1. The normalized spacial score (nSPS) is 11.4. The molecule has 0 radical (unpaired) electrons. The van der Waals surface area contributed by atoms with Crippen molar-refractivity contribution < 1.29 is 9.18 Å². The van der Waals surface area contributed by atoms with Crippen LogP contribution in [0.5, 0.6) is 0 Å². The summed E-state index contributed by atoms with van der Waals surface area (Å²) >= 11 is 0. The van der Waals surface area contributed by atoms with E-state index in [0.717, 1.165) is 6.54 Å². The van der Waals surface area contributed by atoms with E-state index in [1.807, 2.05) is 0 Å². The van der Waals surface area contributed by atoms with Crippen LogP contribution in [0.1, 0.15) is 43.6 Å². The fourth-order valence-electron chi connectivity index (χ4n) is 2.25. The summed E-state index contributed by atoms with van der Waals surface area (Å²) in [5.41, 5.74) is 0.918. The van der Waals surface area contributed by atoms with Crippen LogP contribution >= 0.6 is 0 Å². The highest BCUT2D eigenvalue weighted by molar-refractivity contribution is 5.94. The molecule has 1 rings (SSSR count). The Morgan fingerprint density at radius 3 is 2.35 bits per heavy atom. The predicted molar refractivity (Wildman–Crippen MR) is 80.4 cm³/mol. The van der Waals surface area contributed by atoms with Crippen LogP contribution in [0, 0.1) is 12.7 Å². The first-order valence-corrected chi connectivity index (χ1v) is 7.13. The maximum atomic E-state index is 13.4. The van der Waals surface area contributed by atoms with Crippen molar-refractivity contribution in [3.8, 4) is 0 Å². The Morgan fingerprint density at radius 2 is 1.85 bits per heavy atom. The van der Waals surface area contributed by atoms with E-state index in [2.05, 4.69) is 37.9 Å². The Balaban J connectivity index is 2.53. The molecule has 0 saturated carbocycles. The molecule has 0 heterocycles. The summed E-state index contributed by atoms with van der Waals surface area (Å²) in [4.78, 5) is 14.2. The summed E-state index contributed by atoms with van der Waals surface area (Å²) in [5.74, 6) is -0.569. The van der Waals surface area contributed by atoms with Gasteiger partial charge >= 0.3 is 0 Å². The summed E-state index contributed by atoms with van der Waals surface area (Å²) in [6.07, 6.45) is 0. The van der Waals surface area contributed by atoms with E-state index in [0.29, 0.717) is 29.8 Å². The van der Waals surface area contributed by atoms with Crippen LogP contribution in [-0.4, -0.2) is 36.0 Å². The number of benzene rings is 1. The molecule has 20 heavy (non-hydrogen) atoms. The van der Waals surface area contributed by atoms with Crippen molar-refractivity contribution in [2.75, 3.05) is 13.1 Å². The van der Waals surface area contributed by atoms with Crippen molar-refractivity contribution in [2.45, 2.75) is 46.7 Å². The molecule has 0 aromatic heterocycles. The molecule has 0 fully saturated rings. The lowest BCUT2D eigenvalue weighted by atomic mass is 10.1. The molecule has 0 aliphatic rings. The minimum atomic E-state index is -0.344. The Labute approximate surface area is 121 Å². The number of halogens is 1. The second-order valence-electron chi connectivity index (χ2n) is 5.65. The molecule has 0 saturated heterocycles. The second kappa shape index (κ2) is 7.39. The van der Waals surface area contributed by atoms with Crippen molar-refractivity contribution in [2.24, 2.45) is 0 Å². The van der Waals surface area contributed by atoms with E-state index in [4.69, 9.17) is 0 Å². The van der Waals surface area contributed by atoms with Gasteiger partial charge in [0, 0.05) is 30.7 Å². The molecule has 1 amide bonds. The molecule has 0 atom stereocenters. The molecule has 3 nitrogen and oxygen atoms in total. The third-order valence-electron chi connectivity index (χ3n) is 3.42. The van der Waals surface area contributed by atoms with Gasteiger partial charge in [0.1, 0.15) is 5.82 Å². The van der Waals surface area contributed by atoms with Crippen LogP contribution in [0.25, 0.3) is 0 Å². The summed E-state index contributed by atoms with van der Waals surface area (Å²) in [6.45, 7) is 11.6. The van der Waals surface area contributed by atoms with Gasteiger partial charge in [0.2, 0.25) is 0 Å². The Morgan fingerprint density at radius 1 is 1.25 bits per heavy atom. The lowest BCUT2D eigenvalue weighted by Gasteiger charge is -2.30. The molecule has 0 bridgehead atoms. The molecule has 4 heteroatoms. The van der Waals surface area contributed by atoms with Crippen LogP contribution in [0.3, 0.4) is 0 Å². The zero-order chi connectivity index (χ0) is 15.3. The third kappa shape index (κ3) is 4.60. The smallest absolute Gasteiger partial charge is 0.251 e. The van der Waals surface area contributed by atoms with Crippen molar-refractivity contribution in [3.63, 3.8) is 0 Å². The number of nitrogens with one attached hydrogen (secondary N) is 1. The van der Waals surface area contributed by atoms with Crippen LogP contribution < -0.4 is 5.32 Å². The van der Waals surface area contributed by atoms with Crippen LogP contribution in [0.15, 0.2) is 18.2 Å². The van der Waals surface area contributed by atoms with E-state index >= 15 is 0 Å². The van der Waals surface area contributed by atoms with Gasteiger partial charge in [-0.15, -0.1) is 0 Å². The first kappa shape index (κ1) is 16.6. The standard InChI is InChI=1S/C16H25FN2O/c1-11(2)19(12(3)4)9-8-18-16(20)14-7-6-13(5)15(17)10-14/h6-7,10-12H,8-9H2,1-5H3,(H,18,20). The highest BCUT2D eigenvalue weighted by Gasteiger charge is 2.13. The van der Waals surface area contributed by atoms with Gasteiger partial charge in [-0.1, -0.05) is 6.07 Å². The summed E-state index contributed by atoms with van der Waals surface area (Å²) < 4.78 is 13.4. The number of rotatable bonds is 6. The molecule has 1 aromatic rings. The maximum Gasteiger partial charge on any atom is 0.251 e. The summed E-state index contributed by atoms with van der Waals surface area (Å²) in [6, 6.07) is 5.43. The van der Waals surface area contributed by atoms with E-state index in [1.54, 1.807) is 19.1 Å². The molecule has 0 unspecified atom stereocenters. The lowest BCUT2D eigenvalue weighted by Crippen LogP contribution is -2.42.